The molecule has 5 unspecified atom stereocenters. The first-order valence-corrected chi connectivity index (χ1v) is 11.0. The van der Waals surface area contributed by atoms with Crippen LogP contribution in [0.3, 0.4) is 0 Å². The van der Waals surface area contributed by atoms with E-state index < -0.39 is 0 Å². The number of hydrogen-bond donors (Lipinski definition) is 2. The van der Waals surface area contributed by atoms with Crippen molar-refractivity contribution in [2.24, 2.45) is 23.5 Å². The highest BCUT2D eigenvalue weighted by Crippen LogP contribution is 2.46. The minimum atomic E-state index is -0.0348. The van der Waals surface area contributed by atoms with E-state index in [1.807, 2.05) is 11.0 Å². The molecular formula is C23H31N3O2. The third-order valence-electron chi connectivity index (χ3n) is 7.67. The highest BCUT2D eigenvalue weighted by Gasteiger charge is 2.48. The lowest BCUT2D eigenvalue weighted by Gasteiger charge is -2.43. The van der Waals surface area contributed by atoms with Crippen LogP contribution < -0.4 is 11.1 Å². The zero-order valence-corrected chi connectivity index (χ0v) is 16.4. The van der Waals surface area contributed by atoms with Gasteiger partial charge in [-0.25, -0.2) is 0 Å². The first-order chi connectivity index (χ1) is 13.6. The van der Waals surface area contributed by atoms with E-state index >= 15 is 0 Å². The fourth-order valence-electron chi connectivity index (χ4n) is 6.06. The maximum Gasteiger partial charge on any atom is 0.225 e. The summed E-state index contributed by atoms with van der Waals surface area (Å²) < 4.78 is 0. The first-order valence-electron chi connectivity index (χ1n) is 11.0. The summed E-state index contributed by atoms with van der Waals surface area (Å²) in [7, 11) is 0. The van der Waals surface area contributed by atoms with E-state index in [2.05, 4.69) is 29.6 Å². The van der Waals surface area contributed by atoms with Crippen molar-refractivity contribution in [3.05, 3.63) is 35.9 Å². The summed E-state index contributed by atoms with van der Waals surface area (Å²) in [6.45, 7) is 0.664. The topological polar surface area (TPSA) is 75.4 Å². The molecule has 1 aliphatic heterocycles. The number of nitrogens with one attached hydrogen (secondary N) is 1. The summed E-state index contributed by atoms with van der Waals surface area (Å²) in [6, 6.07) is 11.0. The molecule has 0 spiro atoms. The number of carbonyl (C=O) groups is 2. The van der Waals surface area contributed by atoms with Gasteiger partial charge in [-0.15, -0.1) is 0 Å². The summed E-state index contributed by atoms with van der Waals surface area (Å²) in [5, 5.41) is 3.21. The van der Waals surface area contributed by atoms with E-state index in [9.17, 15) is 9.59 Å². The van der Waals surface area contributed by atoms with Gasteiger partial charge < -0.3 is 16.0 Å². The van der Waals surface area contributed by atoms with Crippen LogP contribution in [0, 0.1) is 17.8 Å². The Morgan fingerprint density at radius 2 is 1.79 bits per heavy atom. The van der Waals surface area contributed by atoms with Crippen molar-refractivity contribution in [2.45, 2.75) is 69.0 Å². The molecule has 3 saturated carbocycles. The van der Waals surface area contributed by atoms with Gasteiger partial charge in [-0.1, -0.05) is 36.8 Å². The van der Waals surface area contributed by atoms with Gasteiger partial charge in [0.05, 0.1) is 6.04 Å². The van der Waals surface area contributed by atoms with Crippen molar-refractivity contribution in [1.29, 1.82) is 0 Å². The molecule has 5 rings (SSSR count). The van der Waals surface area contributed by atoms with Crippen molar-refractivity contribution < 1.29 is 9.59 Å². The van der Waals surface area contributed by atoms with Gasteiger partial charge in [0.15, 0.2) is 0 Å². The van der Waals surface area contributed by atoms with Gasteiger partial charge in [0, 0.05) is 36.9 Å². The van der Waals surface area contributed by atoms with E-state index in [0.717, 1.165) is 19.3 Å². The Morgan fingerprint density at radius 1 is 1.07 bits per heavy atom. The van der Waals surface area contributed by atoms with Crippen molar-refractivity contribution in [2.75, 3.05) is 6.54 Å². The molecule has 5 heteroatoms. The smallest absolute Gasteiger partial charge is 0.225 e. The highest BCUT2D eigenvalue weighted by molar-refractivity contribution is 5.84. The standard InChI is InChI=1S/C23H31N3O2/c24-22-15-7-4-8-16(22)10-17(9-15)23(28)25-18-11-21(27)26(13-18)20-12-19(20)14-5-2-1-3-6-14/h1-3,5-6,15-20,22H,4,7-13,24H2,(H,25,28). The predicted octanol–water partition coefficient (Wildman–Crippen LogP) is 2.41. The van der Waals surface area contributed by atoms with Crippen LogP contribution in [-0.2, 0) is 9.59 Å². The number of rotatable bonds is 4. The third-order valence-corrected chi connectivity index (χ3v) is 7.67. The van der Waals surface area contributed by atoms with Crippen LogP contribution in [0.5, 0.6) is 0 Å². The van der Waals surface area contributed by atoms with Crippen LogP contribution in [0.1, 0.15) is 56.4 Å². The molecule has 1 aromatic rings. The molecule has 4 aliphatic rings. The number of hydrogen-bond acceptors (Lipinski definition) is 3. The monoisotopic (exact) mass is 381 g/mol. The number of fused-ring (bicyclic) bond motifs is 2. The second-order valence-electron chi connectivity index (χ2n) is 9.47. The van der Waals surface area contributed by atoms with Crippen molar-refractivity contribution in [3.8, 4) is 0 Å². The number of carbonyl (C=O) groups excluding carboxylic acids is 2. The minimum Gasteiger partial charge on any atom is -0.351 e. The van der Waals surface area contributed by atoms with Crippen LogP contribution in [0.2, 0.25) is 0 Å². The van der Waals surface area contributed by atoms with Gasteiger partial charge in [0.2, 0.25) is 11.8 Å². The zero-order valence-electron chi connectivity index (χ0n) is 16.4. The Morgan fingerprint density at radius 3 is 2.50 bits per heavy atom. The largest absolute Gasteiger partial charge is 0.351 e. The molecule has 2 amide bonds. The van der Waals surface area contributed by atoms with E-state index in [0.29, 0.717) is 36.8 Å². The Bertz CT molecular complexity index is 737. The van der Waals surface area contributed by atoms with E-state index in [-0.39, 0.29) is 29.8 Å². The lowest BCUT2D eigenvalue weighted by atomic mass is 9.65. The molecule has 3 N–H and O–H groups in total. The Hall–Kier alpha value is -1.88. The molecule has 5 atom stereocenters. The number of benzene rings is 1. The maximum absolute atomic E-state index is 12.9. The molecule has 0 radical (unpaired) electrons. The number of nitrogens with two attached hydrogens (primary N) is 1. The number of amides is 2. The van der Waals surface area contributed by atoms with Crippen LogP contribution in [-0.4, -0.2) is 41.4 Å². The van der Waals surface area contributed by atoms with Gasteiger partial charge in [-0.05, 0) is 49.5 Å². The van der Waals surface area contributed by atoms with Crippen LogP contribution >= 0.6 is 0 Å². The predicted molar refractivity (Wildman–Crippen MR) is 107 cm³/mol. The van der Waals surface area contributed by atoms with Gasteiger partial charge in [0.25, 0.3) is 0 Å². The SMILES string of the molecule is NC1C2CCCC1CC(C(=O)NC1CC(=O)N(C3CC3c3ccccc3)C1)C2. The van der Waals surface area contributed by atoms with Gasteiger partial charge in [0.1, 0.15) is 0 Å². The Labute approximate surface area is 167 Å². The summed E-state index contributed by atoms with van der Waals surface area (Å²) in [5.41, 5.74) is 7.68. The van der Waals surface area contributed by atoms with Crippen molar-refractivity contribution in [3.63, 3.8) is 0 Å². The molecule has 150 valence electrons. The molecule has 28 heavy (non-hydrogen) atoms. The molecule has 0 aromatic heterocycles. The second-order valence-corrected chi connectivity index (χ2v) is 9.47. The Balaban J connectivity index is 1.16. The van der Waals surface area contributed by atoms with E-state index in [1.165, 1.54) is 24.8 Å². The van der Waals surface area contributed by atoms with Gasteiger partial charge in [-0.2, -0.15) is 0 Å². The van der Waals surface area contributed by atoms with Crippen molar-refractivity contribution in [1.82, 2.24) is 10.2 Å². The molecule has 2 bridgehead atoms. The summed E-state index contributed by atoms with van der Waals surface area (Å²) in [5.74, 6) is 1.89. The molecule has 3 aliphatic carbocycles. The zero-order chi connectivity index (χ0) is 19.3. The molecule has 4 fully saturated rings. The lowest BCUT2D eigenvalue weighted by molar-refractivity contribution is -0.128. The summed E-state index contributed by atoms with van der Waals surface area (Å²) >= 11 is 0. The quantitative estimate of drug-likeness (QED) is 0.841. The molecule has 1 saturated heterocycles. The average molecular weight is 382 g/mol. The highest BCUT2D eigenvalue weighted by atomic mass is 16.2. The maximum atomic E-state index is 12.9. The van der Waals surface area contributed by atoms with E-state index in [4.69, 9.17) is 5.73 Å². The Kier molecular flexibility index (Phi) is 4.66. The third kappa shape index (κ3) is 3.34. The summed E-state index contributed by atoms with van der Waals surface area (Å²) in [6.07, 6.45) is 6.93. The van der Waals surface area contributed by atoms with Crippen molar-refractivity contribution >= 4 is 11.8 Å². The van der Waals surface area contributed by atoms with E-state index in [1.54, 1.807) is 0 Å². The number of nitrogens with zero attached hydrogens (tertiary/aromatic N) is 1. The summed E-state index contributed by atoms with van der Waals surface area (Å²) in [4.78, 5) is 27.5. The second kappa shape index (κ2) is 7.18. The lowest BCUT2D eigenvalue weighted by Crippen LogP contribution is -2.50. The number of likely N-dealkylation sites (tertiary alicyclic amines) is 1. The average Bonchev–Trinajstić information content (AvgIpc) is 3.39. The van der Waals surface area contributed by atoms with Crippen LogP contribution in [0.15, 0.2) is 30.3 Å². The molecular weight excluding hydrogens is 350 g/mol. The first kappa shape index (κ1) is 18.2. The fraction of sp³-hybridized carbons (Fsp3) is 0.652. The minimum absolute atomic E-state index is 0.0348. The fourth-order valence-corrected chi connectivity index (χ4v) is 6.06. The normalized spacial score (nSPS) is 39.7. The van der Waals surface area contributed by atoms with Crippen LogP contribution in [0.25, 0.3) is 0 Å². The van der Waals surface area contributed by atoms with Gasteiger partial charge >= 0.3 is 0 Å². The van der Waals surface area contributed by atoms with Crippen LogP contribution in [0.4, 0.5) is 0 Å². The van der Waals surface area contributed by atoms with Gasteiger partial charge in [-0.3, -0.25) is 9.59 Å². The molecule has 1 heterocycles. The molecule has 1 aromatic carbocycles. The molecule has 5 nitrogen and oxygen atoms in total.